The Balaban J connectivity index is 2.18. The van der Waals surface area contributed by atoms with Gasteiger partial charge < -0.3 is 4.90 Å². The third kappa shape index (κ3) is 3.45. The number of carbonyl (C=O) groups is 2. The molecule has 20 heavy (non-hydrogen) atoms. The second kappa shape index (κ2) is 6.33. The van der Waals surface area contributed by atoms with Crippen molar-refractivity contribution in [2.75, 3.05) is 17.2 Å². The molecule has 0 spiro atoms. The van der Waals surface area contributed by atoms with Crippen molar-refractivity contribution in [3.8, 4) is 0 Å². The predicted molar refractivity (Wildman–Crippen MR) is 80.0 cm³/mol. The van der Waals surface area contributed by atoms with Crippen molar-refractivity contribution < 1.29 is 14.0 Å². The average molecular weight is 336 g/mol. The Hall–Kier alpha value is -0.780. The molecule has 0 aliphatic carbocycles. The van der Waals surface area contributed by atoms with Crippen LogP contribution >= 0.6 is 35.0 Å². The van der Waals surface area contributed by atoms with Gasteiger partial charge in [0.05, 0.1) is 15.7 Å². The summed E-state index contributed by atoms with van der Waals surface area (Å²) >= 11 is 13.2. The lowest BCUT2D eigenvalue weighted by atomic mass is 10.1. The summed E-state index contributed by atoms with van der Waals surface area (Å²) in [5.74, 6) is -0.0178. The Kier molecular flexibility index (Phi) is 4.94. The van der Waals surface area contributed by atoms with Crippen molar-refractivity contribution >= 4 is 51.7 Å². The van der Waals surface area contributed by atoms with Gasteiger partial charge in [0.25, 0.3) is 0 Å². The minimum absolute atomic E-state index is 0.0220. The zero-order chi connectivity index (χ0) is 14.9. The fourth-order valence-corrected chi connectivity index (χ4v) is 3.50. The summed E-state index contributed by atoms with van der Waals surface area (Å²) in [6.07, 6.45) is 0.338. The summed E-state index contributed by atoms with van der Waals surface area (Å²) < 4.78 is 13.2. The molecule has 1 saturated heterocycles. The number of halogens is 3. The number of carbonyl (C=O) groups excluding carboxylic acids is 2. The van der Waals surface area contributed by atoms with Crippen LogP contribution in [0.1, 0.15) is 13.3 Å². The number of nitrogens with zero attached hydrogens (tertiary/aromatic N) is 1. The molecule has 108 valence electrons. The quantitative estimate of drug-likeness (QED) is 0.843. The predicted octanol–water partition coefficient (Wildman–Crippen LogP) is 3.77. The molecule has 0 bridgehead atoms. The van der Waals surface area contributed by atoms with Gasteiger partial charge in [0, 0.05) is 25.6 Å². The molecule has 1 aliphatic heterocycles. The van der Waals surface area contributed by atoms with Gasteiger partial charge in [-0.1, -0.05) is 35.0 Å². The van der Waals surface area contributed by atoms with Gasteiger partial charge in [-0.05, 0) is 18.1 Å². The van der Waals surface area contributed by atoms with Crippen LogP contribution in [0.2, 0.25) is 10.0 Å². The lowest BCUT2D eigenvalue weighted by molar-refractivity contribution is -0.117. The van der Waals surface area contributed by atoms with Crippen molar-refractivity contribution in [1.29, 1.82) is 0 Å². The van der Waals surface area contributed by atoms with Gasteiger partial charge in [-0.3, -0.25) is 9.59 Å². The van der Waals surface area contributed by atoms with Crippen LogP contribution in [0, 0.1) is 11.7 Å². The Labute approximate surface area is 130 Å². The van der Waals surface area contributed by atoms with Gasteiger partial charge in [-0.2, -0.15) is 0 Å². The molecular formula is C13H12Cl2FNO2S. The summed E-state index contributed by atoms with van der Waals surface area (Å²) in [6, 6.07) is 2.27. The van der Waals surface area contributed by atoms with Crippen LogP contribution in [0.15, 0.2) is 12.1 Å². The zero-order valence-corrected chi connectivity index (χ0v) is 13.0. The topological polar surface area (TPSA) is 37.4 Å². The summed E-state index contributed by atoms with van der Waals surface area (Å²) in [5.41, 5.74) is 0.343. The lowest BCUT2D eigenvalue weighted by Gasteiger charge is -2.19. The standard InChI is InChI=1S/C13H12Cl2FNO2S/c1-7(18)20-6-8-2-12(19)17(5-8)13-10(14)3-9(16)4-11(13)15/h3-4,8H,2,5-6H2,1H3. The maximum atomic E-state index is 13.2. The molecule has 0 radical (unpaired) electrons. The highest BCUT2D eigenvalue weighted by Gasteiger charge is 2.33. The fourth-order valence-electron chi connectivity index (χ4n) is 2.14. The van der Waals surface area contributed by atoms with Gasteiger partial charge in [-0.25, -0.2) is 4.39 Å². The first-order chi connectivity index (χ1) is 9.38. The van der Waals surface area contributed by atoms with Crippen molar-refractivity contribution in [2.45, 2.75) is 13.3 Å². The van der Waals surface area contributed by atoms with E-state index in [1.807, 2.05) is 0 Å². The van der Waals surface area contributed by atoms with Gasteiger partial charge >= 0.3 is 0 Å². The van der Waals surface area contributed by atoms with Gasteiger partial charge in [0.1, 0.15) is 5.82 Å². The second-order valence-electron chi connectivity index (χ2n) is 4.60. The van der Waals surface area contributed by atoms with E-state index in [0.717, 1.165) is 12.1 Å². The van der Waals surface area contributed by atoms with Crippen molar-refractivity contribution in [3.05, 3.63) is 28.0 Å². The Bertz CT molecular complexity index is 544. The molecule has 2 rings (SSSR count). The van der Waals surface area contributed by atoms with Gasteiger partial charge in [-0.15, -0.1) is 0 Å². The molecule has 0 N–H and O–H groups in total. The molecular weight excluding hydrogens is 324 g/mol. The monoisotopic (exact) mass is 335 g/mol. The Morgan fingerprint density at radius 3 is 2.60 bits per heavy atom. The fraction of sp³-hybridized carbons (Fsp3) is 0.385. The number of anilines is 1. The molecule has 1 aromatic carbocycles. The number of hydrogen-bond acceptors (Lipinski definition) is 3. The second-order valence-corrected chi connectivity index (χ2v) is 6.61. The van der Waals surface area contributed by atoms with E-state index in [2.05, 4.69) is 0 Å². The summed E-state index contributed by atoms with van der Waals surface area (Å²) in [4.78, 5) is 24.5. The Morgan fingerprint density at radius 2 is 2.05 bits per heavy atom. The highest BCUT2D eigenvalue weighted by Crippen LogP contribution is 2.38. The molecule has 1 aromatic rings. The molecule has 1 unspecified atom stereocenters. The summed E-state index contributed by atoms with van der Waals surface area (Å²) in [5, 5.41) is 0.250. The van der Waals surface area contributed by atoms with E-state index in [4.69, 9.17) is 23.2 Å². The van der Waals surface area contributed by atoms with Crippen LogP contribution in [-0.2, 0) is 9.59 Å². The van der Waals surface area contributed by atoms with E-state index >= 15 is 0 Å². The Morgan fingerprint density at radius 1 is 1.45 bits per heavy atom. The van der Waals surface area contributed by atoms with E-state index in [1.165, 1.54) is 23.6 Å². The van der Waals surface area contributed by atoms with E-state index in [0.29, 0.717) is 24.4 Å². The van der Waals surface area contributed by atoms with Crippen molar-refractivity contribution in [1.82, 2.24) is 0 Å². The molecule has 7 heteroatoms. The molecule has 1 amide bonds. The largest absolute Gasteiger partial charge is 0.309 e. The van der Waals surface area contributed by atoms with E-state index < -0.39 is 5.82 Å². The number of rotatable bonds is 3. The number of amides is 1. The highest BCUT2D eigenvalue weighted by molar-refractivity contribution is 8.13. The van der Waals surface area contributed by atoms with Crippen LogP contribution in [0.3, 0.4) is 0 Å². The van der Waals surface area contributed by atoms with Crippen LogP contribution in [0.25, 0.3) is 0 Å². The highest BCUT2D eigenvalue weighted by atomic mass is 35.5. The van der Waals surface area contributed by atoms with Crippen molar-refractivity contribution in [2.24, 2.45) is 5.92 Å². The van der Waals surface area contributed by atoms with Crippen LogP contribution in [0.4, 0.5) is 10.1 Å². The molecule has 1 fully saturated rings. The van der Waals surface area contributed by atoms with E-state index in [-0.39, 0.29) is 27.0 Å². The van der Waals surface area contributed by atoms with Gasteiger partial charge in [0.2, 0.25) is 5.91 Å². The van der Waals surface area contributed by atoms with Crippen LogP contribution in [0.5, 0.6) is 0 Å². The molecule has 1 heterocycles. The first-order valence-corrected chi connectivity index (χ1v) is 7.71. The minimum atomic E-state index is -0.543. The lowest BCUT2D eigenvalue weighted by Crippen LogP contribution is -2.25. The molecule has 1 aliphatic rings. The van der Waals surface area contributed by atoms with Crippen LogP contribution in [-0.4, -0.2) is 23.3 Å². The minimum Gasteiger partial charge on any atom is -0.309 e. The first-order valence-electron chi connectivity index (χ1n) is 5.96. The zero-order valence-electron chi connectivity index (χ0n) is 10.7. The maximum Gasteiger partial charge on any atom is 0.227 e. The van der Waals surface area contributed by atoms with Crippen molar-refractivity contribution in [3.63, 3.8) is 0 Å². The number of hydrogen-bond donors (Lipinski definition) is 0. The SMILES string of the molecule is CC(=O)SCC1CC(=O)N(c2c(Cl)cc(F)cc2Cl)C1. The smallest absolute Gasteiger partial charge is 0.227 e. The summed E-state index contributed by atoms with van der Waals surface area (Å²) in [6.45, 7) is 1.93. The molecule has 1 atom stereocenters. The molecule has 0 aromatic heterocycles. The van der Waals surface area contributed by atoms with Crippen LogP contribution < -0.4 is 4.90 Å². The number of thioether (sulfide) groups is 1. The average Bonchev–Trinajstić information content (AvgIpc) is 2.67. The third-order valence-electron chi connectivity index (χ3n) is 2.98. The molecule has 3 nitrogen and oxygen atoms in total. The molecule has 0 saturated carbocycles. The maximum absolute atomic E-state index is 13.2. The summed E-state index contributed by atoms with van der Waals surface area (Å²) in [7, 11) is 0. The van der Waals surface area contributed by atoms with E-state index in [1.54, 1.807) is 0 Å². The first kappa shape index (κ1) is 15.6. The third-order valence-corrected chi connectivity index (χ3v) is 4.60. The normalized spacial score (nSPS) is 18.7. The van der Waals surface area contributed by atoms with E-state index in [9.17, 15) is 14.0 Å². The van der Waals surface area contributed by atoms with Gasteiger partial charge in [0.15, 0.2) is 5.12 Å². The number of benzene rings is 1.